The molecule has 0 bridgehead atoms. The van der Waals surface area contributed by atoms with Gasteiger partial charge in [-0.05, 0) is 70.6 Å². The fourth-order valence-corrected chi connectivity index (χ4v) is 3.36. The number of aryl methyl sites for hydroxylation is 1. The fourth-order valence-electron chi connectivity index (χ4n) is 3.36. The van der Waals surface area contributed by atoms with Crippen molar-refractivity contribution >= 4 is 0 Å². The van der Waals surface area contributed by atoms with E-state index in [1.165, 1.54) is 29.6 Å². The lowest BCUT2D eigenvalue weighted by Gasteiger charge is -2.30. The van der Waals surface area contributed by atoms with Gasteiger partial charge in [0.05, 0.1) is 0 Å². The van der Waals surface area contributed by atoms with Gasteiger partial charge >= 0.3 is 0 Å². The summed E-state index contributed by atoms with van der Waals surface area (Å²) < 4.78 is 23.9. The lowest BCUT2D eigenvalue weighted by Crippen LogP contribution is -2.32. The van der Waals surface area contributed by atoms with Crippen LogP contribution in [0.2, 0.25) is 0 Å². The SMILES string of the molecule is CCCCCc1cc(OC(C)(C)OC)c(C/C=C(\C)CCC=C(C)C)c(OC(C)(C)OC)c1. The van der Waals surface area contributed by atoms with E-state index in [-0.39, 0.29) is 0 Å². The fraction of sp³-hybridized carbons (Fsp3) is 0.655. The maximum atomic E-state index is 6.38. The lowest BCUT2D eigenvalue weighted by molar-refractivity contribution is -0.138. The first-order chi connectivity index (χ1) is 15.4. The summed E-state index contributed by atoms with van der Waals surface area (Å²) in [5.74, 6) is 0.136. The molecule has 0 heterocycles. The highest BCUT2D eigenvalue weighted by Gasteiger charge is 2.25. The van der Waals surface area contributed by atoms with Crippen LogP contribution in [0.1, 0.15) is 98.6 Å². The van der Waals surface area contributed by atoms with Crippen molar-refractivity contribution in [2.75, 3.05) is 14.2 Å². The number of ether oxygens (including phenoxy) is 4. The van der Waals surface area contributed by atoms with Gasteiger partial charge in [-0.2, -0.15) is 0 Å². The first-order valence-corrected chi connectivity index (χ1v) is 12.4. The van der Waals surface area contributed by atoms with Crippen molar-refractivity contribution in [1.29, 1.82) is 0 Å². The van der Waals surface area contributed by atoms with Gasteiger partial charge in [-0.1, -0.05) is 43.1 Å². The van der Waals surface area contributed by atoms with Gasteiger partial charge in [-0.3, -0.25) is 0 Å². The van der Waals surface area contributed by atoms with Crippen molar-refractivity contribution in [3.05, 3.63) is 46.6 Å². The van der Waals surface area contributed by atoms with Crippen molar-refractivity contribution in [1.82, 2.24) is 0 Å². The molecule has 0 aliphatic carbocycles. The second kappa shape index (κ2) is 13.8. The number of hydrogen-bond donors (Lipinski definition) is 0. The van der Waals surface area contributed by atoms with E-state index in [4.69, 9.17) is 18.9 Å². The van der Waals surface area contributed by atoms with Crippen LogP contribution >= 0.6 is 0 Å². The van der Waals surface area contributed by atoms with Gasteiger partial charge in [-0.15, -0.1) is 0 Å². The van der Waals surface area contributed by atoms with Crippen LogP contribution in [0.3, 0.4) is 0 Å². The molecule has 1 aromatic rings. The summed E-state index contributed by atoms with van der Waals surface area (Å²) in [7, 11) is 3.34. The Hall–Kier alpha value is -1.78. The predicted octanol–water partition coefficient (Wildman–Crippen LogP) is 8.18. The Kier molecular flexibility index (Phi) is 12.2. The predicted molar refractivity (Wildman–Crippen MR) is 139 cm³/mol. The highest BCUT2D eigenvalue weighted by molar-refractivity contribution is 5.50. The van der Waals surface area contributed by atoms with Crippen LogP contribution < -0.4 is 9.47 Å². The summed E-state index contributed by atoms with van der Waals surface area (Å²) >= 11 is 0. The number of methoxy groups -OCH3 is 2. The minimum Gasteiger partial charge on any atom is -0.463 e. The first kappa shape index (κ1) is 29.3. The van der Waals surface area contributed by atoms with Crippen molar-refractivity contribution in [2.24, 2.45) is 0 Å². The van der Waals surface area contributed by atoms with E-state index in [0.717, 1.165) is 49.2 Å². The molecule has 0 N–H and O–H groups in total. The molecule has 0 aliphatic heterocycles. The third kappa shape index (κ3) is 11.3. The Balaban J connectivity index is 3.41. The quantitative estimate of drug-likeness (QED) is 0.150. The molecule has 0 saturated heterocycles. The minimum atomic E-state index is -0.743. The molecule has 4 nitrogen and oxygen atoms in total. The number of unbranched alkanes of at least 4 members (excludes halogenated alkanes) is 2. The molecule has 188 valence electrons. The van der Waals surface area contributed by atoms with Crippen LogP contribution in [-0.4, -0.2) is 25.8 Å². The number of rotatable bonds is 15. The van der Waals surface area contributed by atoms with Crippen LogP contribution in [0.15, 0.2) is 35.4 Å². The van der Waals surface area contributed by atoms with Crippen LogP contribution in [0.5, 0.6) is 11.5 Å². The summed E-state index contributed by atoms with van der Waals surface area (Å²) in [6, 6.07) is 4.32. The number of allylic oxidation sites excluding steroid dienone is 4. The van der Waals surface area contributed by atoms with Gasteiger partial charge in [0.15, 0.2) is 0 Å². The lowest BCUT2D eigenvalue weighted by atomic mass is 9.99. The third-order valence-electron chi connectivity index (χ3n) is 5.74. The van der Waals surface area contributed by atoms with Crippen molar-refractivity contribution in [3.8, 4) is 11.5 Å². The Labute approximate surface area is 203 Å². The average Bonchev–Trinajstić information content (AvgIpc) is 2.72. The molecule has 0 spiro atoms. The molecule has 0 radical (unpaired) electrons. The van der Waals surface area contributed by atoms with Gasteiger partial charge in [0.25, 0.3) is 0 Å². The number of hydrogen-bond acceptors (Lipinski definition) is 4. The van der Waals surface area contributed by atoms with E-state index in [1.807, 2.05) is 27.7 Å². The summed E-state index contributed by atoms with van der Waals surface area (Å²) in [4.78, 5) is 0. The molecule has 1 rings (SSSR count). The van der Waals surface area contributed by atoms with Crippen LogP contribution in [0, 0.1) is 0 Å². The summed E-state index contributed by atoms with van der Waals surface area (Å²) in [5, 5.41) is 0. The second-order valence-electron chi connectivity index (χ2n) is 10.0. The normalized spacial score (nSPS) is 12.6. The highest BCUT2D eigenvalue weighted by atomic mass is 16.7. The Morgan fingerprint density at radius 3 is 1.85 bits per heavy atom. The number of benzene rings is 1. The maximum Gasteiger partial charge on any atom is 0.204 e. The van der Waals surface area contributed by atoms with E-state index in [9.17, 15) is 0 Å². The molecule has 0 amide bonds. The van der Waals surface area contributed by atoms with E-state index in [2.05, 4.69) is 52.0 Å². The van der Waals surface area contributed by atoms with Gasteiger partial charge in [0.2, 0.25) is 11.6 Å². The Morgan fingerprint density at radius 2 is 1.39 bits per heavy atom. The molecular weight excluding hydrogens is 412 g/mol. The first-order valence-electron chi connectivity index (χ1n) is 12.4. The smallest absolute Gasteiger partial charge is 0.204 e. The van der Waals surface area contributed by atoms with Crippen molar-refractivity contribution in [3.63, 3.8) is 0 Å². The Morgan fingerprint density at radius 1 is 0.848 bits per heavy atom. The Bertz CT molecular complexity index is 744. The summed E-state index contributed by atoms with van der Waals surface area (Å²) in [6.07, 6.45) is 11.9. The molecule has 0 atom stereocenters. The molecule has 0 saturated carbocycles. The van der Waals surface area contributed by atoms with E-state index in [0.29, 0.717) is 0 Å². The monoisotopic (exact) mass is 460 g/mol. The summed E-state index contributed by atoms with van der Waals surface area (Å²) in [5.41, 5.74) is 4.94. The molecule has 0 aromatic heterocycles. The van der Waals surface area contributed by atoms with E-state index >= 15 is 0 Å². The zero-order chi connectivity index (χ0) is 25.1. The average molecular weight is 461 g/mol. The topological polar surface area (TPSA) is 36.9 Å². The molecule has 0 fully saturated rings. The van der Waals surface area contributed by atoms with Crippen LogP contribution in [0.25, 0.3) is 0 Å². The standard InChI is InChI=1S/C29H48O4/c1-11-12-13-17-24-20-26(32-28(5,6)30-9)25(27(21-24)33-29(7,8)31-10)19-18-23(4)16-14-15-22(2)3/h15,18,20-21H,11-14,16-17,19H2,1-10H3/b23-18+. The van der Waals surface area contributed by atoms with Crippen LogP contribution in [-0.2, 0) is 22.3 Å². The van der Waals surface area contributed by atoms with E-state index in [1.54, 1.807) is 14.2 Å². The molecule has 0 unspecified atom stereocenters. The summed E-state index contributed by atoms with van der Waals surface area (Å²) in [6.45, 7) is 16.4. The van der Waals surface area contributed by atoms with Crippen molar-refractivity contribution < 1.29 is 18.9 Å². The van der Waals surface area contributed by atoms with Gasteiger partial charge in [0.1, 0.15) is 11.5 Å². The second-order valence-corrected chi connectivity index (χ2v) is 10.0. The molecule has 4 heteroatoms. The third-order valence-corrected chi connectivity index (χ3v) is 5.74. The van der Waals surface area contributed by atoms with Crippen LogP contribution in [0.4, 0.5) is 0 Å². The molecular formula is C29H48O4. The van der Waals surface area contributed by atoms with Gasteiger partial charge in [-0.25, -0.2) is 0 Å². The minimum absolute atomic E-state index is 0.722. The van der Waals surface area contributed by atoms with Crippen molar-refractivity contribution in [2.45, 2.75) is 112 Å². The van der Waals surface area contributed by atoms with E-state index < -0.39 is 11.6 Å². The maximum absolute atomic E-state index is 6.38. The zero-order valence-electron chi connectivity index (χ0n) is 22.9. The largest absolute Gasteiger partial charge is 0.463 e. The van der Waals surface area contributed by atoms with Gasteiger partial charge < -0.3 is 18.9 Å². The molecule has 0 aliphatic rings. The van der Waals surface area contributed by atoms with Gasteiger partial charge in [0, 0.05) is 47.5 Å². The highest BCUT2D eigenvalue weighted by Crippen LogP contribution is 2.37. The molecule has 1 aromatic carbocycles. The molecule has 33 heavy (non-hydrogen) atoms. The zero-order valence-corrected chi connectivity index (χ0v) is 22.9.